The molecule has 0 spiro atoms. The van der Waals surface area contributed by atoms with Gasteiger partial charge >= 0.3 is 6.01 Å². The smallest absolute Gasteiger partial charge is 0.329 e. The van der Waals surface area contributed by atoms with Crippen molar-refractivity contribution < 1.29 is 12.8 Å². The van der Waals surface area contributed by atoms with Gasteiger partial charge in [-0.2, -0.15) is 0 Å². The number of nitrogen functional groups attached to an aromatic ring is 1. The van der Waals surface area contributed by atoms with Gasteiger partial charge in [0.25, 0.3) is 10.0 Å². The second kappa shape index (κ2) is 4.54. The Hall–Kier alpha value is -2.09. The topological polar surface area (TPSA) is 111 Å². The van der Waals surface area contributed by atoms with E-state index in [0.717, 1.165) is 11.1 Å². The fourth-order valence-corrected chi connectivity index (χ4v) is 2.56. The zero-order valence-corrected chi connectivity index (χ0v) is 11.6. The number of sulfonamides is 1. The summed E-state index contributed by atoms with van der Waals surface area (Å²) in [6.45, 7) is 5.19. The van der Waals surface area contributed by atoms with Crippen molar-refractivity contribution in [3.8, 4) is 0 Å². The average Bonchev–Trinajstić information content (AvgIpc) is 2.70. The van der Waals surface area contributed by atoms with Crippen LogP contribution >= 0.6 is 0 Å². The van der Waals surface area contributed by atoms with Gasteiger partial charge in [0.1, 0.15) is 0 Å². The van der Waals surface area contributed by atoms with Crippen LogP contribution in [0.4, 0.5) is 11.7 Å². The zero-order valence-electron chi connectivity index (χ0n) is 10.8. The summed E-state index contributed by atoms with van der Waals surface area (Å²) in [7, 11) is -3.79. The highest BCUT2D eigenvalue weighted by atomic mass is 32.2. The molecular formula is C11H14N4O3S. The fourth-order valence-electron chi connectivity index (χ4n) is 1.52. The molecule has 19 heavy (non-hydrogen) atoms. The first-order chi connectivity index (χ1) is 8.79. The van der Waals surface area contributed by atoms with Gasteiger partial charge in [-0.1, -0.05) is 5.10 Å². The van der Waals surface area contributed by atoms with Crippen LogP contribution in [0.1, 0.15) is 17.0 Å². The minimum absolute atomic E-state index is 0.0592. The Bertz CT molecular complexity index is 698. The van der Waals surface area contributed by atoms with E-state index in [2.05, 4.69) is 14.9 Å². The standard InChI is InChI=1S/C11H14N4O3S/c1-6-4-9(5-10(12)7(6)2)19(16,17)15-11-14-13-8(3)18-11/h4-5H,12H2,1-3H3,(H,14,15). The maximum absolute atomic E-state index is 12.1. The number of rotatable bonds is 3. The predicted octanol–water partition coefficient (Wildman–Crippen LogP) is 1.38. The quantitative estimate of drug-likeness (QED) is 0.823. The molecule has 0 radical (unpaired) electrons. The highest BCUT2D eigenvalue weighted by Crippen LogP contribution is 2.23. The van der Waals surface area contributed by atoms with Crippen molar-refractivity contribution in [3.63, 3.8) is 0 Å². The van der Waals surface area contributed by atoms with Crippen LogP contribution < -0.4 is 10.5 Å². The molecule has 102 valence electrons. The molecule has 0 aliphatic carbocycles. The van der Waals surface area contributed by atoms with E-state index in [9.17, 15) is 8.42 Å². The maximum atomic E-state index is 12.1. The highest BCUT2D eigenvalue weighted by Gasteiger charge is 2.19. The van der Waals surface area contributed by atoms with E-state index in [1.165, 1.54) is 12.1 Å². The second-order valence-corrected chi connectivity index (χ2v) is 5.87. The van der Waals surface area contributed by atoms with Gasteiger partial charge in [0.2, 0.25) is 5.89 Å². The van der Waals surface area contributed by atoms with Crippen molar-refractivity contribution in [1.82, 2.24) is 10.2 Å². The normalized spacial score (nSPS) is 11.5. The summed E-state index contributed by atoms with van der Waals surface area (Å²) >= 11 is 0. The first-order valence-electron chi connectivity index (χ1n) is 5.49. The molecule has 0 amide bonds. The third-order valence-corrected chi connectivity index (χ3v) is 4.04. The molecule has 0 aliphatic heterocycles. The largest absolute Gasteiger partial charge is 0.408 e. The van der Waals surface area contributed by atoms with E-state index in [1.54, 1.807) is 13.8 Å². The van der Waals surface area contributed by atoms with E-state index < -0.39 is 10.0 Å². The number of hydrogen-bond donors (Lipinski definition) is 2. The van der Waals surface area contributed by atoms with Crippen molar-refractivity contribution in [2.24, 2.45) is 0 Å². The number of nitrogens with zero attached hydrogens (tertiary/aromatic N) is 2. The van der Waals surface area contributed by atoms with Crippen molar-refractivity contribution in [1.29, 1.82) is 0 Å². The Balaban J connectivity index is 2.40. The lowest BCUT2D eigenvalue weighted by Gasteiger charge is -2.09. The summed E-state index contributed by atoms with van der Waals surface area (Å²) in [5, 5.41) is 7.13. The van der Waals surface area contributed by atoms with Crippen LogP contribution in [0, 0.1) is 20.8 Å². The molecule has 2 rings (SSSR count). The van der Waals surface area contributed by atoms with E-state index in [4.69, 9.17) is 10.2 Å². The molecule has 0 saturated carbocycles. The number of aryl methyl sites for hydroxylation is 2. The second-order valence-electron chi connectivity index (χ2n) is 4.19. The Morgan fingerprint density at radius 3 is 2.42 bits per heavy atom. The molecular weight excluding hydrogens is 268 g/mol. The van der Waals surface area contributed by atoms with E-state index in [1.807, 2.05) is 6.92 Å². The van der Waals surface area contributed by atoms with Crippen LogP contribution in [0.5, 0.6) is 0 Å². The highest BCUT2D eigenvalue weighted by molar-refractivity contribution is 7.92. The van der Waals surface area contributed by atoms with Crippen molar-refractivity contribution in [2.75, 3.05) is 10.5 Å². The van der Waals surface area contributed by atoms with Gasteiger partial charge in [-0.3, -0.25) is 0 Å². The van der Waals surface area contributed by atoms with E-state index in [-0.39, 0.29) is 16.8 Å². The minimum atomic E-state index is -3.79. The summed E-state index contributed by atoms with van der Waals surface area (Å²) in [5.41, 5.74) is 7.84. The lowest BCUT2D eigenvalue weighted by atomic mass is 10.1. The number of nitrogens with two attached hydrogens (primary N) is 1. The van der Waals surface area contributed by atoms with Crippen molar-refractivity contribution in [3.05, 3.63) is 29.2 Å². The lowest BCUT2D eigenvalue weighted by molar-refractivity contribution is 0.534. The Labute approximate surface area is 110 Å². The van der Waals surface area contributed by atoms with Gasteiger partial charge in [-0.05, 0) is 37.1 Å². The fraction of sp³-hybridized carbons (Fsp3) is 0.273. The van der Waals surface area contributed by atoms with Crippen molar-refractivity contribution >= 4 is 21.7 Å². The van der Waals surface area contributed by atoms with E-state index in [0.29, 0.717) is 5.69 Å². The summed E-state index contributed by atoms with van der Waals surface area (Å²) in [6.07, 6.45) is 0. The van der Waals surface area contributed by atoms with Crippen LogP contribution in [-0.2, 0) is 10.0 Å². The van der Waals surface area contributed by atoms with Crippen LogP contribution in [0.25, 0.3) is 0 Å². The summed E-state index contributed by atoms with van der Waals surface area (Å²) in [6, 6.07) is 2.76. The molecule has 0 atom stereocenters. The summed E-state index contributed by atoms with van der Waals surface area (Å²) in [5.74, 6) is 0.275. The Morgan fingerprint density at radius 2 is 1.89 bits per heavy atom. The van der Waals surface area contributed by atoms with Gasteiger partial charge in [0.15, 0.2) is 0 Å². The first-order valence-corrected chi connectivity index (χ1v) is 6.97. The third-order valence-electron chi connectivity index (χ3n) is 2.74. The molecule has 1 heterocycles. The number of benzene rings is 1. The molecule has 1 aromatic carbocycles. The summed E-state index contributed by atoms with van der Waals surface area (Å²) < 4.78 is 31.5. The van der Waals surface area contributed by atoms with Gasteiger partial charge < -0.3 is 10.2 Å². The number of hydrogen-bond acceptors (Lipinski definition) is 6. The maximum Gasteiger partial charge on any atom is 0.329 e. The van der Waals surface area contributed by atoms with Gasteiger partial charge in [0.05, 0.1) is 4.90 Å². The Kier molecular flexibility index (Phi) is 3.19. The molecule has 0 aliphatic rings. The van der Waals surface area contributed by atoms with Gasteiger partial charge in [-0.15, -0.1) is 5.10 Å². The Morgan fingerprint density at radius 1 is 1.21 bits per heavy atom. The molecule has 8 heteroatoms. The molecule has 7 nitrogen and oxygen atoms in total. The third kappa shape index (κ3) is 2.68. The molecule has 1 aromatic heterocycles. The van der Waals surface area contributed by atoms with Crippen LogP contribution in [0.2, 0.25) is 0 Å². The number of aromatic nitrogens is 2. The lowest BCUT2D eigenvalue weighted by Crippen LogP contribution is -2.14. The molecule has 0 fully saturated rings. The molecule has 3 N–H and O–H groups in total. The van der Waals surface area contributed by atoms with Crippen LogP contribution in [0.15, 0.2) is 21.4 Å². The molecule has 0 saturated heterocycles. The van der Waals surface area contributed by atoms with E-state index >= 15 is 0 Å². The number of nitrogens with one attached hydrogen (secondary N) is 1. The monoisotopic (exact) mass is 282 g/mol. The van der Waals surface area contributed by atoms with Crippen LogP contribution in [0.3, 0.4) is 0 Å². The minimum Gasteiger partial charge on any atom is -0.408 e. The molecule has 2 aromatic rings. The zero-order chi connectivity index (χ0) is 14.2. The average molecular weight is 282 g/mol. The molecule has 0 bridgehead atoms. The molecule has 0 unspecified atom stereocenters. The van der Waals surface area contributed by atoms with Gasteiger partial charge in [0, 0.05) is 12.6 Å². The van der Waals surface area contributed by atoms with Crippen molar-refractivity contribution in [2.45, 2.75) is 25.7 Å². The van der Waals surface area contributed by atoms with Gasteiger partial charge in [-0.25, -0.2) is 13.1 Å². The van der Waals surface area contributed by atoms with Crippen LogP contribution in [-0.4, -0.2) is 18.6 Å². The predicted molar refractivity (Wildman–Crippen MR) is 70.2 cm³/mol. The SMILES string of the molecule is Cc1nnc(NS(=O)(=O)c2cc(C)c(C)c(N)c2)o1. The summed E-state index contributed by atoms with van der Waals surface area (Å²) in [4.78, 5) is 0.0592. The number of anilines is 2. The first kappa shape index (κ1) is 13.3.